The maximum atomic E-state index is 5.63. The molecule has 0 unspecified atom stereocenters. The van der Waals surface area contributed by atoms with Crippen molar-refractivity contribution in [2.75, 3.05) is 19.0 Å². The summed E-state index contributed by atoms with van der Waals surface area (Å²) in [5.41, 5.74) is 2.40. The summed E-state index contributed by atoms with van der Waals surface area (Å²) < 4.78 is 5.63. The van der Waals surface area contributed by atoms with Crippen molar-refractivity contribution in [2.45, 2.75) is 31.1 Å². The van der Waals surface area contributed by atoms with Gasteiger partial charge in [0.1, 0.15) is 0 Å². The second-order valence-corrected chi connectivity index (χ2v) is 7.50. The van der Waals surface area contributed by atoms with Gasteiger partial charge in [-0.05, 0) is 37.5 Å². The number of benzene rings is 1. The van der Waals surface area contributed by atoms with Crippen molar-refractivity contribution in [3.05, 3.63) is 66.8 Å². The van der Waals surface area contributed by atoms with Crippen molar-refractivity contribution < 1.29 is 4.74 Å². The van der Waals surface area contributed by atoms with Crippen LogP contribution in [0.3, 0.4) is 0 Å². The van der Waals surface area contributed by atoms with Crippen LogP contribution in [0, 0.1) is 6.92 Å². The molecule has 1 aromatic rings. The van der Waals surface area contributed by atoms with Gasteiger partial charge < -0.3 is 4.74 Å². The van der Waals surface area contributed by atoms with Gasteiger partial charge >= 0.3 is 0 Å². The summed E-state index contributed by atoms with van der Waals surface area (Å²) in [6.45, 7) is 11.0. The third kappa shape index (κ3) is 9.19. The topological polar surface area (TPSA) is 9.23 Å². The highest BCUT2D eigenvalue weighted by Crippen LogP contribution is 2.31. The number of rotatable bonds is 12. The summed E-state index contributed by atoms with van der Waals surface area (Å²) in [7, 11) is 3.80. The van der Waals surface area contributed by atoms with Crippen LogP contribution in [0.25, 0.3) is 0 Å². The molecular formula is C19H26OS2. The van der Waals surface area contributed by atoms with E-state index >= 15 is 0 Å². The molecule has 1 aromatic carbocycles. The number of unbranched alkanes of at least 4 members (excludes halogenated alkanes) is 2. The molecule has 0 saturated carbocycles. The monoisotopic (exact) mass is 334 g/mol. The Bertz CT molecular complexity index is 463. The minimum atomic E-state index is 0.632. The van der Waals surface area contributed by atoms with E-state index in [2.05, 4.69) is 44.3 Å². The van der Waals surface area contributed by atoms with Crippen LogP contribution in [0.2, 0.25) is 0 Å². The Morgan fingerprint density at radius 3 is 2.59 bits per heavy atom. The van der Waals surface area contributed by atoms with Crippen molar-refractivity contribution in [1.82, 2.24) is 0 Å². The highest BCUT2D eigenvalue weighted by molar-refractivity contribution is 8.76. The van der Waals surface area contributed by atoms with Gasteiger partial charge in [-0.25, -0.2) is 0 Å². The molecule has 0 bridgehead atoms. The van der Waals surface area contributed by atoms with Gasteiger partial charge in [0.25, 0.3) is 0 Å². The van der Waals surface area contributed by atoms with Crippen LogP contribution in [0.5, 0.6) is 0 Å². The molecule has 120 valence electrons. The summed E-state index contributed by atoms with van der Waals surface area (Å²) >= 11 is 0. The summed E-state index contributed by atoms with van der Waals surface area (Å²) in [4.78, 5) is 1.34. The van der Waals surface area contributed by atoms with Crippen LogP contribution >= 0.6 is 21.6 Å². The van der Waals surface area contributed by atoms with Crippen molar-refractivity contribution in [2.24, 2.45) is 0 Å². The first-order valence-corrected chi connectivity index (χ1v) is 9.96. The highest BCUT2D eigenvalue weighted by atomic mass is 33.1. The fraction of sp³-hybridized carbons (Fsp3) is 0.368. The van der Waals surface area contributed by atoms with E-state index in [1.165, 1.54) is 29.1 Å². The number of allylic oxidation sites excluding steroid dienone is 2. The maximum absolute atomic E-state index is 5.63. The molecule has 1 nitrogen and oxygen atoms in total. The molecular weight excluding hydrogens is 308 g/mol. The Balaban J connectivity index is 1.95. The zero-order valence-electron chi connectivity index (χ0n) is 13.4. The Labute approximate surface area is 143 Å². The molecule has 1 rings (SSSR count). The Hall–Kier alpha value is -0.900. The number of ether oxygens (including phenoxy) is 1. The smallest absolute Gasteiger partial charge is 0.0716 e. The van der Waals surface area contributed by atoms with E-state index in [1.807, 2.05) is 33.7 Å². The molecule has 0 radical (unpaired) electrons. The Morgan fingerprint density at radius 1 is 1.14 bits per heavy atom. The first-order chi connectivity index (χ1) is 10.8. The van der Waals surface area contributed by atoms with Crippen LogP contribution in [0.15, 0.2) is 66.1 Å². The first kappa shape index (κ1) is 19.1. The molecule has 0 spiro atoms. The molecule has 0 aliphatic heterocycles. The fourth-order valence-corrected chi connectivity index (χ4v) is 3.90. The van der Waals surface area contributed by atoms with Crippen LogP contribution in [-0.2, 0) is 4.74 Å². The number of hydrogen-bond acceptors (Lipinski definition) is 3. The average Bonchev–Trinajstić information content (AvgIpc) is 2.54. The molecule has 0 aliphatic rings. The predicted octanol–water partition coefficient (Wildman–Crippen LogP) is 6.22. The van der Waals surface area contributed by atoms with E-state index < -0.39 is 0 Å². The van der Waals surface area contributed by atoms with E-state index in [-0.39, 0.29) is 0 Å². The molecule has 22 heavy (non-hydrogen) atoms. The molecule has 0 N–H and O–H groups in total. The largest absolute Gasteiger partial charge is 0.377 e. The van der Waals surface area contributed by atoms with Gasteiger partial charge in [-0.15, -0.1) is 0 Å². The average molecular weight is 335 g/mol. The van der Waals surface area contributed by atoms with Gasteiger partial charge in [-0.3, -0.25) is 0 Å². The fourth-order valence-electron chi connectivity index (χ4n) is 1.76. The zero-order chi connectivity index (χ0) is 16.0. The lowest BCUT2D eigenvalue weighted by molar-refractivity contribution is 0.153. The Morgan fingerprint density at radius 2 is 1.91 bits per heavy atom. The highest BCUT2D eigenvalue weighted by Gasteiger charge is 1.96. The maximum Gasteiger partial charge on any atom is 0.0716 e. The molecule has 0 amide bonds. The Kier molecular flexibility index (Phi) is 11.0. The second kappa shape index (κ2) is 12.6. The lowest BCUT2D eigenvalue weighted by Crippen LogP contribution is -1.98. The summed E-state index contributed by atoms with van der Waals surface area (Å²) in [5.74, 6) is 1.19. The van der Waals surface area contributed by atoms with Crippen LogP contribution in [-0.4, -0.2) is 19.0 Å². The lowest BCUT2D eigenvalue weighted by Gasteiger charge is -2.05. The molecule has 0 fully saturated rings. The third-order valence-electron chi connectivity index (χ3n) is 3.06. The van der Waals surface area contributed by atoms with Gasteiger partial charge in [-0.1, -0.05) is 77.1 Å². The minimum absolute atomic E-state index is 0.632. The van der Waals surface area contributed by atoms with Gasteiger partial charge in [0.05, 0.1) is 6.61 Å². The minimum Gasteiger partial charge on any atom is -0.377 e. The van der Waals surface area contributed by atoms with Crippen molar-refractivity contribution in [1.29, 1.82) is 0 Å². The van der Waals surface area contributed by atoms with Crippen molar-refractivity contribution in [3.63, 3.8) is 0 Å². The molecule has 3 heteroatoms. The molecule has 0 atom stereocenters. The van der Waals surface area contributed by atoms with Crippen LogP contribution in [0.1, 0.15) is 24.8 Å². The normalized spacial score (nSPS) is 11.4. The number of hydrogen-bond donors (Lipinski definition) is 0. The van der Waals surface area contributed by atoms with E-state index in [1.54, 1.807) is 6.08 Å². The van der Waals surface area contributed by atoms with E-state index in [0.717, 1.165) is 18.6 Å². The van der Waals surface area contributed by atoms with Crippen LogP contribution in [0.4, 0.5) is 0 Å². The van der Waals surface area contributed by atoms with E-state index in [4.69, 9.17) is 4.74 Å². The second-order valence-electron chi connectivity index (χ2n) is 5.01. The van der Waals surface area contributed by atoms with Gasteiger partial charge in [0.15, 0.2) is 0 Å². The molecule has 0 aromatic heterocycles. The van der Waals surface area contributed by atoms with Gasteiger partial charge in [-0.2, -0.15) is 0 Å². The van der Waals surface area contributed by atoms with E-state index in [0.29, 0.717) is 6.61 Å². The number of aryl methyl sites for hydroxylation is 1. The SMILES string of the molecule is C=C/C=C(\C=C)COCCCCCSSc1ccc(C)cc1. The van der Waals surface area contributed by atoms with Crippen molar-refractivity contribution in [3.8, 4) is 0 Å². The molecule has 0 heterocycles. The third-order valence-corrected chi connectivity index (χ3v) is 5.52. The quantitative estimate of drug-likeness (QED) is 0.255. The zero-order valence-corrected chi connectivity index (χ0v) is 15.1. The lowest BCUT2D eigenvalue weighted by atomic mass is 10.2. The van der Waals surface area contributed by atoms with Gasteiger partial charge in [0, 0.05) is 17.3 Å². The first-order valence-electron chi connectivity index (χ1n) is 7.64. The summed E-state index contributed by atoms with van der Waals surface area (Å²) in [5, 5.41) is 0. The summed E-state index contributed by atoms with van der Waals surface area (Å²) in [6.07, 6.45) is 9.10. The predicted molar refractivity (Wildman–Crippen MR) is 103 cm³/mol. The van der Waals surface area contributed by atoms with Gasteiger partial charge in [0.2, 0.25) is 0 Å². The van der Waals surface area contributed by atoms with Crippen molar-refractivity contribution >= 4 is 21.6 Å². The van der Waals surface area contributed by atoms with Crippen LogP contribution < -0.4 is 0 Å². The van der Waals surface area contributed by atoms with E-state index in [9.17, 15) is 0 Å². The molecule has 0 saturated heterocycles. The summed E-state index contributed by atoms with van der Waals surface area (Å²) in [6, 6.07) is 8.71. The standard InChI is InChI=1S/C19H26OS2/c1-4-9-18(5-2)16-20-14-7-6-8-15-21-22-19-12-10-17(3)11-13-19/h4-5,9-13H,1-2,6-8,14-16H2,3H3/b18-9+. The molecule has 0 aliphatic carbocycles.